The van der Waals surface area contributed by atoms with Gasteiger partial charge in [-0.3, -0.25) is 0 Å². The largest absolute Gasteiger partial charge is 0.491 e. The van der Waals surface area contributed by atoms with E-state index in [1.807, 2.05) is 32.9 Å². The van der Waals surface area contributed by atoms with Crippen molar-refractivity contribution < 1.29 is 4.74 Å². The van der Waals surface area contributed by atoms with E-state index < -0.39 is 0 Å². The summed E-state index contributed by atoms with van der Waals surface area (Å²) in [6.07, 6.45) is 1.21. The Labute approximate surface area is 104 Å². The van der Waals surface area contributed by atoms with E-state index >= 15 is 0 Å². The predicted molar refractivity (Wildman–Crippen MR) is 70.6 cm³/mol. The summed E-state index contributed by atoms with van der Waals surface area (Å²) in [7, 11) is 0. The maximum Gasteiger partial charge on any atom is 0.119 e. The molecule has 0 N–H and O–H groups in total. The van der Waals surface area contributed by atoms with Gasteiger partial charge in [0.2, 0.25) is 0 Å². The van der Waals surface area contributed by atoms with Crippen molar-refractivity contribution in [2.75, 3.05) is 0 Å². The first-order valence-electron chi connectivity index (χ1n) is 5.89. The molecule has 2 atom stereocenters. The summed E-state index contributed by atoms with van der Waals surface area (Å²) in [4.78, 5) is 0. The van der Waals surface area contributed by atoms with Crippen LogP contribution in [0.25, 0.3) is 0 Å². The lowest BCUT2D eigenvalue weighted by molar-refractivity contribution is 0.242. The van der Waals surface area contributed by atoms with Crippen LogP contribution in [0.1, 0.15) is 45.6 Å². The first kappa shape index (κ1) is 13.4. The fraction of sp³-hybridized carbons (Fsp3) is 0.571. The summed E-state index contributed by atoms with van der Waals surface area (Å²) in [6, 6.07) is 8.30. The fourth-order valence-electron chi connectivity index (χ4n) is 1.79. The molecule has 0 spiro atoms. The molecule has 1 rings (SSSR count). The first-order valence-corrected chi connectivity index (χ1v) is 6.33. The van der Waals surface area contributed by atoms with Gasteiger partial charge in [0.05, 0.1) is 6.10 Å². The molecule has 0 saturated heterocycles. The standard InChI is InChI=1S/C14H21ClO/c1-10(2)16-14-7-5-6-13(9-14)11(3)8-12(4)15/h5-7,9-12H,8H2,1-4H3. The number of rotatable bonds is 5. The Morgan fingerprint density at radius 3 is 2.44 bits per heavy atom. The minimum Gasteiger partial charge on any atom is -0.491 e. The van der Waals surface area contributed by atoms with Crippen molar-refractivity contribution in [1.29, 1.82) is 0 Å². The number of halogens is 1. The Morgan fingerprint density at radius 1 is 1.19 bits per heavy atom. The van der Waals surface area contributed by atoms with Gasteiger partial charge >= 0.3 is 0 Å². The van der Waals surface area contributed by atoms with Crippen molar-refractivity contribution >= 4 is 11.6 Å². The van der Waals surface area contributed by atoms with E-state index in [1.165, 1.54) is 5.56 Å². The van der Waals surface area contributed by atoms with Crippen LogP contribution in [0.4, 0.5) is 0 Å². The molecule has 0 bridgehead atoms. The highest BCUT2D eigenvalue weighted by Gasteiger charge is 2.09. The van der Waals surface area contributed by atoms with Crippen LogP contribution in [0.15, 0.2) is 24.3 Å². The number of ether oxygens (including phenoxy) is 1. The first-order chi connectivity index (χ1) is 7.49. The summed E-state index contributed by atoms with van der Waals surface area (Å²) >= 11 is 6.02. The van der Waals surface area contributed by atoms with E-state index in [1.54, 1.807) is 0 Å². The Kier molecular flexibility index (Phi) is 5.14. The number of hydrogen-bond acceptors (Lipinski definition) is 1. The van der Waals surface area contributed by atoms with Crippen LogP contribution in [0.5, 0.6) is 5.75 Å². The van der Waals surface area contributed by atoms with Crippen LogP contribution in [0, 0.1) is 0 Å². The third-order valence-electron chi connectivity index (χ3n) is 2.48. The monoisotopic (exact) mass is 240 g/mol. The highest BCUT2D eigenvalue weighted by molar-refractivity contribution is 6.20. The van der Waals surface area contributed by atoms with Crippen LogP contribution >= 0.6 is 11.6 Å². The lowest BCUT2D eigenvalue weighted by atomic mass is 9.96. The molecule has 0 amide bonds. The van der Waals surface area contributed by atoms with Crippen molar-refractivity contribution in [3.8, 4) is 5.75 Å². The molecule has 0 saturated carbocycles. The van der Waals surface area contributed by atoms with Gasteiger partial charge in [0.15, 0.2) is 0 Å². The molecule has 0 aliphatic heterocycles. The van der Waals surface area contributed by atoms with E-state index in [2.05, 4.69) is 19.1 Å². The van der Waals surface area contributed by atoms with Gasteiger partial charge in [-0.25, -0.2) is 0 Å². The zero-order valence-electron chi connectivity index (χ0n) is 10.5. The maximum absolute atomic E-state index is 6.02. The SMILES string of the molecule is CC(Cl)CC(C)c1cccc(OC(C)C)c1. The van der Waals surface area contributed by atoms with Gasteiger partial charge in [0.1, 0.15) is 5.75 Å². The van der Waals surface area contributed by atoms with Gasteiger partial charge in [0.25, 0.3) is 0 Å². The molecule has 1 aromatic rings. The highest BCUT2D eigenvalue weighted by atomic mass is 35.5. The second kappa shape index (κ2) is 6.15. The molecule has 1 nitrogen and oxygen atoms in total. The van der Waals surface area contributed by atoms with Crippen molar-refractivity contribution in [2.45, 2.75) is 51.5 Å². The van der Waals surface area contributed by atoms with Gasteiger partial charge in [-0.15, -0.1) is 11.6 Å². The zero-order valence-corrected chi connectivity index (χ0v) is 11.3. The highest BCUT2D eigenvalue weighted by Crippen LogP contribution is 2.26. The Hall–Kier alpha value is -0.690. The molecule has 0 aliphatic rings. The summed E-state index contributed by atoms with van der Waals surface area (Å²) < 4.78 is 5.68. The molecule has 0 aromatic heterocycles. The fourth-order valence-corrected chi connectivity index (χ4v) is 2.06. The van der Waals surface area contributed by atoms with Crippen LogP contribution < -0.4 is 4.74 Å². The average Bonchev–Trinajstić information content (AvgIpc) is 2.16. The predicted octanol–water partition coefficient (Wildman–Crippen LogP) is 4.59. The number of hydrogen-bond donors (Lipinski definition) is 0. The van der Waals surface area contributed by atoms with Gasteiger partial charge in [-0.1, -0.05) is 19.1 Å². The molecular formula is C14H21ClO. The summed E-state index contributed by atoms with van der Waals surface area (Å²) in [5.74, 6) is 1.42. The summed E-state index contributed by atoms with van der Waals surface area (Å²) in [5, 5.41) is 0.213. The van der Waals surface area contributed by atoms with Crippen molar-refractivity contribution in [3.63, 3.8) is 0 Å². The normalized spacial score (nSPS) is 14.9. The van der Waals surface area contributed by atoms with E-state index in [4.69, 9.17) is 16.3 Å². The van der Waals surface area contributed by atoms with Gasteiger partial charge in [-0.2, -0.15) is 0 Å². The zero-order chi connectivity index (χ0) is 12.1. The lowest BCUT2D eigenvalue weighted by Crippen LogP contribution is -2.06. The van der Waals surface area contributed by atoms with Gasteiger partial charge in [-0.05, 0) is 50.8 Å². The van der Waals surface area contributed by atoms with Gasteiger partial charge < -0.3 is 4.74 Å². The van der Waals surface area contributed by atoms with E-state index in [9.17, 15) is 0 Å². The average molecular weight is 241 g/mol. The minimum atomic E-state index is 0.213. The molecule has 0 aliphatic carbocycles. The van der Waals surface area contributed by atoms with Crippen molar-refractivity contribution in [3.05, 3.63) is 29.8 Å². The third-order valence-corrected chi connectivity index (χ3v) is 2.66. The molecule has 2 heteroatoms. The molecule has 0 radical (unpaired) electrons. The van der Waals surface area contributed by atoms with Crippen LogP contribution in [0.2, 0.25) is 0 Å². The van der Waals surface area contributed by atoms with E-state index in [0.29, 0.717) is 5.92 Å². The van der Waals surface area contributed by atoms with Crippen molar-refractivity contribution in [1.82, 2.24) is 0 Å². The summed E-state index contributed by atoms with van der Waals surface area (Å²) in [6.45, 7) is 8.31. The van der Waals surface area contributed by atoms with Gasteiger partial charge in [0, 0.05) is 5.38 Å². The topological polar surface area (TPSA) is 9.23 Å². The Morgan fingerprint density at radius 2 is 1.88 bits per heavy atom. The molecule has 1 aromatic carbocycles. The molecule has 2 unspecified atom stereocenters. The minimum absolute atomic E-state index is 0.213. The molecule has 0 heterocycles. The molecule has 16 heavy (non-hydrogen) atoms. The maximum atomic E-state index is 6.02. The Balaban J connectivity index is 2.73. The second-order valence-electron chi connectivity index (χ2n) is 4.66. The number of alkyl halides is 1. The summed E-state index contributed by atoms with van der Waals surface area (Å²) in [5.41, 5.74) is 1.30. The molecular weight excluding hydrogens is 220 g/mol. The van der Waals surface area contributed by atoms with E-state index in [-0.39, 0.29) is 11.5 Å². The Bertz CT molecular complexity index is 320. The number of benzene rings is 1. The van der Waals surface area contributed by atoms with Crippen molar-refractivity contribution in [2.24, 2.45) is 0 Å². The second-order valence-corrected chi connectivity index (χ2v) is 5.40. The van der Waals surface area contributed by atoms with Crippen LogP contribution in [-0.2, 0) is 0 Å². The smallest absolute Gasteiger partial charge is 0.119 e. The van der Waals surface area contributed by atoms with Crippen LogP contribution in [0.3, 0.4) is 0 Å². The third kappa shape index (κ3) is 4.44. The quantitative estimate of drug-likeness (QED) is 0.684. The molecule has 90 valence electrons. The van der Waals surface area contributed by atoms with E-state index in [0.717, 1.165) is 12.2 Å². The lowest BCUT2D eigenvalue weighted by Gasteiger charge is -2.15. The molecule has 0 fully saturated rings. The van der Waals surface area contributed by atoms with Crippen LogP contribution in [-0.4, -0.2) is 11.5 Å².